The summed E-state index contributed by atoms with van der Waals surface area (Å²) in [5, 5.41) is 3.63. The molecule has 3 N–H and O–H groups in total. The van der Waals surface area contributed by atoms with Crippen molar-refractivity contribution in [3.8, 4) is 5.75 Å². The highest BCUT2D eigenvalue weighted by Crippen LogP contribution is 2.30. The summed E-state index contributed by atoms with van der Waals surface area (Å²) in [4.78, 5) is 16.6. The van der Waals surface area contributed by atoms with Crippen LogP contribution < -0.4 is 15.8 Å². The Kier molecular flexibility index (Phi) is 4.90. The molecule has 0 aliphatic rings. The van der Waals surface area contributed by atoms with Gasteiger partial charge in [-0.15, -0.1) is 11.6 Å². The number of nitrogens with one attached hydrogen (secondary N) is 1. The number of amidine groups is 1. The fraction of sp³-hybridized carbons (Fsp3) is 0.111. The maximum atomic E-state index is 12.4. The zero-order valence-electron chi connectivity index (χ0n) is 13.5. The second-order valence-electron chi connectivity index (χ2n) is 5.22. The Bertz CT molecular complexity index is 917. The quantitative estimate of drug-likeness (QED) is 0.411. The Morgan fingerprint density at radius 3 is 2.80 bits per heavy atom. The Morgan fingerprint density at radius 2 is 2.08 bits per heavy atom. The second-order valence-corrected chi connectivity index (χ2v) is 5.49. The highest BCUT2D eigenvalue weighted by molar-refractivity contribution is 6.28. The van der Waals surface area contributed by atoms with Crippen molar-refractivity contribution in [1.82, 2.24) is 0 Å². The molecule has 0 spiro atoms. The summed E-state index contributed by atoms with van der Waals surface area (Å²) in [6.45, 7) is 0. The lowest BCUT2D eigenvalue weighted by atomic mass is 10.2. The molecule has 3 aromatic rings. The Balaban J connectivity index is 1.85. The molecule has 128 valence electrons. The van der Waals surface area contributed by atoms with Gasteiger partial charge in [0.1, 0.15) is 17.2 Å². The van der Waals surface area contributed by atoms with Crippen LogP contribution in [0.1, 0.15) is 10.6 Å². The van der Waals surface area contributed by atoms with E-state index in [1.807, 2.05) is 18.2 Å². The minimum absolute atomic E-state index is 0.132. The monoisotopic (exact) mass is 357 g/mol. The van der Waals surface area contributed by atoms with Crippen molar-refractivity contribution in [2.45, 2.75) is 0 Å². The number of aliphatic imine (C=N–C) groups is 1. The van der Waals surface area contributed by atoms with Crippen molar-refractivity contribution in [3.05, 3.63) is 54.3 Å². The van der Waals surface area contributed by atoms with E-state index in [-0.39, 0.29) is 17.5 Å². The van der Waals surface area contributed by atoms with E-state index in [2.05, 4.69) is 10.3 Å². The molecule has 0 radical (unpaired) electrons. The number of rotatable bonds is 5. The van der Waals surface area contributed by atoms with E-state index < -0.39 is 0 Å². The molecule has 0 bridgehead atoms. The van der Waals surface area contributed by atoms with Gasteiger partial charge in [-0.3, -0.25) is 4.79 Å². The number of methoxy groups -OCH3 is 1. The molecular formula is C18H16ClN3O3. The Morgan fingerprint density at radius 1 is 1.28 bits per heavy atom. The Hall–Kier alpha value is -2.99. The number of ether oxygens (including phenoxy) is 1. The number of anilines is 1. The van der Waals surface area contributed by atoms with E-state index in [4.69, 9.17) is 26.5 Å². The molecule has 1 aromatic heterocycles. The SMILES string of the molecule is COc1cc(N=C(N)CCl)ccc1NC(=O)c1cc2ccccc2o1. The van der Waals surface area contributed by atoms with Crippen LogP contribution in [0.25, 0.3) is 11.0 Å². The number of para-hydroxylation sites is 1. The summed E-state index contributed by atoms with van der Waals surface area (Å²) >= 11 is 5.62. The van der Waals surface area contributed by atoms with Crippen LogP contribution in [0.3, 0.4) is 0 Å². The van der Waals surface area contributed by atoms with Gasteiger partial charge in [-0.25, -0.2) is 4.99 Å². The van der Waals surface area contributed by atoms with Gasteiger partial charge < -0.3 is 20.2 Å². The summed E-state index contributed by atoms with van der Waals surface area (Å²) in [6, 6.07) is 14.2. The average Bonchev–Trinajstić information content (AvgIpc) is 3.07. The molecule has 0 saturated carbocycles. The highest BCUT2D eigenvalue weighted by Gasteiger charge is 2.14. The normalized spacial score (nSPS) is 11.5. The van der Waals surface area contributed by atoms with Gasteiger partial charge in [-0.2, -0.15) is 0 Å². The van der Waals surface area contributed by atoms with Crippen molar-refractivity contribution in [3.63, 3.8) is 0 Å². The molecule has 0 fully saturated rings. The van der Waals surface area contributed by atoms with Crippen molar-refractivity contribution in [2.24, 2.45) is 10.7 Å². The number of halogens is 1. The van der Waals surface area contributed by atoms with Crippen molar-refractivity contribution >= 4 is 45.7 Å². The summed E-state index contributed by atoms with van der Waals surface area (Å²) in [7, 11) is 1.50. The number of alkyl halides is 1. The first-order valence-corrected chi connectivity index (χ1v) is 8.01. The fourth-order valence-corrected chi connectivity index (χ4v) is 2.39. The number of fused-ring (bicyclic) bond motifs is 1. The number of carbonyl (C=O) groups excluding carboxylic acids is 1. The first-order valence-electron chi connectivity index (χ1n) is 7.47. The zero-order valence-corrected chi connectivity index (χ0v) is 14.2. The van der Waals surface area contributed by atoms with Crippen molar-refractivity contribution < 1.29 is 13.9 Å². The summed E-state index contributed by atoms with van der Waals surface area (Å²) in [5.74, 6) is 0.728. The third-order valence-corrected chi connectivity index (χ3v) is 3.77. The smallest absolute Gasteiger partial charge is 0.291 e. The van der Waals surface area contributed by atoms with Gasteiger partial charge >= 0.3 is 0 Å². The minimum atomic E-state index is -0.369. The molecule has 0 saturated heterocycles. The lowest BCUT2D eigenvalue weighted by Crippen LogP contribution is -2.12. The predicted octanol–water partition coefficient (Wildman–Crippen LogP) is 3.92. The van der Waals surface area contributed by atoms with Gasteiger partial charge in [0.25, 0.3) is 5.91 Å². The van der Waals surface area contributed by atoms with E-state index in [1.54, 1.807) is 30.3 Å². The predicted molar refractivity (Wildman–Crippen MR) is 99.2 cm³/mol. The molecule has 0 atom stereocenters. The topological polar surface area (TPSA) is 89.9 Å². The number of hydrogen-bond donors (Lipinski definition) is 2. The van der Waals surface area contributed by atoms with Gasteiger partial charge in [0.15, 0.2) is 5.76 Å². The van der Waals surface area contributed by atoms with Crippen LogP contribution in [0.5, 0.6) is 5.75 Å². The van der Waals surface area contributed by atoms with Gasteiger partial charge in [-0.1, -0.05) is 18.2 Å². The number of nitrogens with zero attached hydrogens (tertiary/aromatic N) is 1. The lowest BCUT2D eigenvalue weighted by molar-refractivity contribution is 0.0998. The number of amides is 1. The molecular weight excluding hydrogens is 342 g/mol. The van der Waals surface area contributed by atoms with E-state index >= 15 is 0 Å². The standard InChI is InChI=1S/C18H16ClN3O3/c1-24-15-9-12(21-17(20)10-19)6-7-13(15)22-18(23)16-8-11-4-2-3-5-14(11)25-16/h2-9H,10H2,1H3,(H2,20,21)(H,22,23). The molecule has 0 aliphatic heterocycles. The van der Waals surface area contributed by atoms with Gasteiger partial charge in [0.05, 0.1) is 24.4 Å². The number of furan rings is 1. The van der Waals surface area contributed by atoms with Gasteiger partial charge in [0.2, 0.25) is 0 Å². The van der Waals surface area contributed by atoms with Gasteiger partial charge in [-0.05, 0) is 24.3 Å². The van der Waals surface area contributed by atoms with E-state index in [0.29, 0.717) is 28.5 Å². The van der Waals surface area contributed by atoms with Crippen LogP contribution in [0.2, 0.25) is 0 Å². The second kappa shape index (κ2) is 7.27. The van der Waals surface area contributed by atoms with Crippen molar-refractivity contribution in [1.29, 1.82) is 0 Å². The lowest BCUT2D eigenvalue weighted by Gasteiger charge is -2.10. The molecule has 6 nitrogen and oxygen atoms in total. The first kappa shape index (κ1) is 16.9. The molecule has 2 aromatic carbocycles. The maximum Gasteiger partial charge on any atom is 0.291 e. The molecule has 1 amide bonds. The van der Waals surface area contributed by atoms with Gasteiger partial charge in [0, 0.05) is 11.5 Å². The number of hydrogen-bond acceptors (Lipinski definition) is 4. The summed E-state index contributed by atoms with van der Waals surface area (Å²) in [5.41, 5.74) is 7.35. The fourth-order valence-electron chi connectivity index (χ4n) is 2.33. The molecule has 0 aliphatic carbocycles. The average molecular weight is 358 g/mol. The molecule has 25 heavy (non-hydrogen) atoms. The number of nitrogens with two attached hydrogens (primary N) is 1. The number of benzene rings is 2. The van der Waals surface area contributed by atoms with E-state index in [9.17, 15) is 4.79 Å². The molecule has 3 rings (SSSR count). The highest BCUT2D eigenvalue weighted by atomic mass is 35.5. The zero-order chi connectivity index (χ0) is 17.8. The molecule has 0 unspecified atom stereocenters. The van der Waals surface area contributed by atoms with E-state index in [0.717, 1.165) is 5.39 Å². The number of carbonyl (C=O) groups is 1. The maximum absolute atomic E-state index is 12.4. The van der Waals surface area contributed by atoms with Crippen molar-refractivity contribution in [2.75, 3.05) is 18.3 Å². The first-order chi connectivity index (χ1) is 12.1. The van der Waals surface area contributed by atoms with E-state index in [1.165, 1.54) is 7.11 Å². The summed E-state index contributed by atoms with van der Waals surface area (Å²) in [6.07, 6.45) is 0. The Labute approximate surface area is 149 Å². The van der Waals surface area contributed by atoms with Crippen LogP contribution in [-0.2, 0) is 0 Å². The third-order valence-electron chi connectivity index (χ3n) is 3.49. The minimum Gasteiger partial charge on any atom is -0.494 e. The van der Waals surface area contributed by atoms with Crippen LogP contribution in [0.15, 0.2) is 57.9 Å². The van der Waals surface area contributed by atoms with Crippen LogP contribution in [-0.4, -0.2) is 24.7 Å². The van der Waals surface area contributed by atoms with Crippen LogP contribution >= 0.6 is 11.6 Å². The largest absolute Gasteiger partial charge is 0.494 e. The summed E-state index contributed by atoms with van der Waals surface area (Å²) < 4.78 is 10.9. The van der Waals surface area contributed by atoms with Crippen LogP contribution in [0.4, 0.5) is 11.4 Å². The third kappa shape index (κ3) is 3.75. The molecule has 1 heterocycles. The van der Waals surface area contributed by atoms with Crippen LogP contribution in [0, 0.1) is 0 Å². The molecule has 7 heteroatoms.